The lowest BCUT2D eigenvalue weighted by Gasteiger charge is -2.38. The Labute approximate surface area is 166 Å². The van der Waals surface area contributed by atoms with Gasteiger partial charge in [0.2, 0.25) is 0 Å². The molecule has 8 nitrogen and oxygen atoms in total. The Morgan fingerprint density at radius 3 is 2.52 bits per heavy atom. The zero-order chi connectivity index (χ0) is 20.7. The standard InChI is InChI=1S/C21H18N2O6/c1-11(24)29-13-7-5-12(6-8-13)19-15-4-2-3-14(15)18-17(23(27)28)10-9-16(21(25)26)20(18)22-19/h2-3,5-10,14-15,19,22H,4H2,1H3,(H,25,26)/p-1/t14-,15-,19+/m0/s1. The zero-order valence-electron chi connectivity index (χ0n) is 15.5. The third-order valence-corrected chi connectivity index (χ3v) is 5.41. The van der Waals surface area contributed by atoms with Crippen molar-refractivity contribution in [3.63, 3.8) is 0 Å². The van der Waals surface area contributed by atoms with Crippen molar-refractivity contribution >= 4 is 23.3 Å². The summed E-state index contributed by atoms with van der Waals surface area (Å²) in [4.78, 5) is 33.8. The molecule has 1 N–H and O–H groups in total. The van der Waals surface area contributed by atoms with Crippen molar-refractivity contribution in [2.45, 2.75) is 25.3 Å². The molecule has 0 saturated heterocycles. The fourth-order valence-corrected chi connectivity index (χ4v) is 4.26. The predicted molar refractivity (Wildman–Crippen MR) is 102 cm³/mol. The second-order valence-electron chi connectivity index (χ2n) is 7.10. The van der Waals surface area contributed by atoms with Crippen molar-refractivity contribution < 1.29 is 24.4 Å². The Kier molecular flexibility index (Phi) is 4.54. The van der Waals surface area contributed by atoms with Crippen LogP contribution < -0.4 is 15.2 Å². The topological polar surface area (TPSA) is 122 Å². The number of hydrogen-bond donors (Lipinski definition) is 1. The van der Waals surface area contributed by atoms with E-state index in [0.717, 1.165) is 5.56 Å². The maximum absolute atomic E-state index is 11.6. The number of carbonyl (C=O) groups excluding carboxylic acids is 2. The number of benzene rings is 2. The summed E-state index contributed by atoms with van der Waals surface area (Å²) in [6, 6.07) is 9.09. The molecule has 0 radical (unpaired) electrons. The Hall–Kier alpha value is -3.68. The quantitative estimate of drug-likeness (QED) is 0.279. The van der Waals surface area contributed by atoms with Crippen LogP contribution in [0, 0.1) is 16.0 Å². The Bertz CT molecular complexity index is 1040. The number of carboxylic acids is 1. The number of carbonyl (C=O) groups is 2. The van der Waals surface area contributed by atoms with E-state index in [0.29, 0.717) is 17.7 Å². The van der Waals surface area contributed by atoms with E-state index in [1.165, 1.54) is 19.1 Å². The van der Waals surface area contributed by atoms with Gasteiger partial charge in [-0.1, -0.05) is 24.3 Å². The molecule has 1 heterocycles. The fourth-order valence-electron chi connectivity index (χ4n) is 4.26. The van der Waals surface area contributed by atoms with E-state index in [1.54, 1.807) is 24.3 Å². The van der Waals surface area contributed by atoms with E-state index in [9.17, 15) is 24.8 Å². The summed E-state index contributed by atoms with van der Waals surface area (Å²) in [5, 5.41) is 26.4. The van der Waals surface area contributed by atoms with Gasteiger partial charge in [0.15, 0.2) is 0 Å². The number of nitrogens with zero attached hydrogens (tertiary/aromatic N) is 1. The highest BCUT2D eigenvalue weighted by atomic mass is 16.6. The third kappa shape index (κ3) is 3.22. The highest BCUT2D eigenvalue weighted by Gasteiger charge is 2.42. The second kappa shape index (κ2) is 7.05. The van der Waals surface area contributed by atoms with Gasteiger partial charge in [0, 0.05) is 24.5 Å². The van der Waals surface area contributed by atoms with Gasteiger partial charge in [0.05, 0.1) is 28.2 Å². The molecule has 4 rings (SSSR count). The number of aromatic carboxylic acids is 1. The average molecular weight is 393 g/mol. The number of esters is 1. The maximum atomic E-state index is 11.6. The summed E-state index contributed by atoms with van der Waals surface area (Å²) in [5.41, 5.74) is 1.25. The molecule has 8 heteroatoms. The van der Waals surface area contributed by atoms with Crippen molar-refractivity contribution in [2.24, 2.45) is 5.92 Å². The lowest BCUT2D eigenvalue weighted by atomic mass is 9.75. The van der Waals surface area contributed by atoms with Crippen molar-refractivity contribution in [3.8, 4) is 5.75 Å². The Morgan fingerprint density at radius 2 is 1.90 bits per heavy atom. The van der Waals surface area contributed by atoms with Gasteiger partial charge in [-0.2, -0.15) is 0 Å². The molecule has 0 amide bonds. The number of nitro groups is 1. The number of carboxylic acid groups (broad SMARTS) is 1. The van der Waals surface area contributed by atoms with E-state index in [4.69, 9.17) is 4.74 Å². The number of allylic oxidation sites excluding steroid dienone is 2. The van der Waals surface area contributed by atoms with E-state index in [2.05, 4.69) is 5.32 Å². The van der Waals surface area contributed by atoms with E-state index in [-0.39, 0.29) is 34.8 Å². The highest BCUT2D eigenvalue weighted by molar-refractivity contribution is 5.95. The summed E-state index contributed by atoms with van der Waals surface area (Å²) in [5.74, 6) is -1.71. The normalized spacial score (nSPS) is 21.6. The molecule has 0 unspecified atom stereocenters. The van der Waals surface area contributed by atoms with Crippen LogP contribution in [0.15, 0.2) is 48.6 Å². The number of rotatable bonds is 4. The lowest BCUT2D eigenvalue weighted by molar-refractivity contribution is -0.385. The molecule has 2 aliphatic rings. The van der Waals surface area contributed by atoms with Gasteiger partial charge in [0.25, 0.3) is 5.69 Å². The SMILES string of the molecule is CC(=O)Oc1ccc([C@H]2Nc3c(C(=O)[O-])ccc([N+](=O)[O-])c3[C@H]3C=CC[C@@H]32)cc1. The monoisotopic (exact) mass is 393 g/mol. The number of anilines is 1. The third-order valence-electron chi connectivity index (χ3n) is 5.41. The first-order valence-corrected chi connectivity index (χ1v) is 9.11. The van der Waals surface area contributed by atoms with Crippen LogP contribution in [0.5, 0.6) is 5.75 Å². The minimum Gasteiger partial charge on any atom is -0.545 e. The first kappa shape index (κ1) is 18.7. The van der Waals surface area contributed by atoms with Crippen LogP contribution in [-0.2, 0) is 4.79 Å². The van der Waals surface area contributed by atoms with Gasteiger partial charge in [0.1, 0.15) is 5.75 Å². The Balaban J connectivity index is 1.80. The molecular weight excluding hydrogens is 376 g/mol. The first-order valence-electron chi connectivity index (χ1n) is 9.11. The molecule has 2 aromatic rings. The maximum Gasteiger partial charge on any atom is 0.308 e. The molecule has 3 atom stereocenters. The molecule has 0 bridgehead atoms. The lowest BCUT2D eigenvalue weighted by Crippen LogP contribution is -2.33. The van der Waals surface area contributed by atoms with Crippen LogP contribution >= 0.6 is 0 Å². The molecule has 0 spiro atoms. The van der Waals surface area contributed by atoms with Gasteiger partial charge in [-0.25, -0.2) is 0 Å². The molecule has 0 aromatic heterocycles. The van der Waals surface area contributed by atoms with Gasteiger partial charge < -0.3 is 20.0 Å². The van der Waals surface area contributed by atoms with Crippen LogP contribution in [0.4, 0.5) is 11.4 Å². The van der Waals surface area contributed by atoms with E-state index < -0.39 is 16.9 Å². The number of hydrogen-bond acceptors (Lipinski definition) is 7. The van der Waals surface area contributed by atoms with Crippen LogP contribution in [0.3, 0.4) is 0 Å². The van der Waals surface area contributed by atoms with Gasteiger partial charge in [-0.15, -0.1) is 0 Å². The van der Waals surface area contributed by atoms with Gasteiger partial charge in [-0.05, 0) is 36.1 Å². The highest BCUT2D eigenvalue weighted by Crippen LogP contribution is 2.53. The largest absolute Gasteiger partial charge is 0.545 e. The van der Waals surface area contributed by atoms with Crippen molar-refractivity contribution in [1.82, 2.24) is 0 Å². The smallest absolute Gasteiger partial charge is 0.308 e. The minimum absolute atomic E-state index is 0.0159. The predicted octanol–water partition coefficient (Wildman–Crippen LogP) is 2.71. The molecule has 0 fully saturated rings. The number of nitrogens with one attached hydrogen (secondary N) is 1. The number of nitro benzene ring substituents is 1. The molecule has 29 heavy (non-hydrogen) atoms. The first-order chi connectivity index (χ1) is 13.9. The Morgan fingerprint density at radius 1 is 1.17 bits per heavy atom. The summed E-state index contributed by atoms with van der Waals surface area (Å²) in [6.07, 6.45) is 4.55. The summed E-state index contributed by atoms with van der Waals surface area (Å²) in [7, 11) is 0. The molecule has 1 aliphatic heterocycles. The van der Waals surface area contributed by atoms with Crippen molar-refractivity contribution in [3.05, 3.63) is 75.4 Å². The molecule has 148 valence electrons. The van der Waals surface area contributed by atoms with Crippen molar-refractivity contribution in [1.29, 1.82) is 0 Å². The zero-order valence-corrected chi connectivity index (χ0v) is 15.5. The van der Waals surface area contributed by atoms with Crippen molar-refractivity contribution in [2.75, 3.05) is 5.32 Å². The summed E-state index contributed by atoms with van der Waals surface area (Å²) >= 11 is 0. The molecule has 0 saturated carbocycles. The van der Waals surface area contributed by atoms with Crippen LogP contribution in [0.1, 0.15) is 46.8 Å². The number of ether oxygens (including phenoxy) is 1. The molecular formula is C21H17N2O6-. The molecule has 1 aliphatic carbocycles. The summed E-state index contributed by atoms with van der Waals surface area (Å²) in [6.45, 7) is 1.32. The van der Waals surface area contributed by atoms with E-state index >= 15 is 0 Å². The van der Waals surface area contributed by atoms with Crippen LogP contribution in [0.2, 0.25) is 0 Å². The van der Waals surface area contributed by atoms with Crippen LogP contribution in [-0.4, -0.2) is 16.9 Å². The minimum atomic E-state index is -1.40. The molecule has 2 aromatic carbocycles. The fraction of sp³-hybridized carbons (Fsp3) is 0.238. The van der Waals surface area contributed by atoms with E-state index in [1.807, 2.05) is 12.2 Å². The summed E-state index contributed by atoms with van der Waals surface area (Å²) < 4.78 is 5.06. The van der Waals surface area contributed by atoms with Gasteiger partial charge in [-0.3, -0.25) is 14.9 Å². The van der Waals surface area contributed by atoms with Gasteiger partial charge >= 0.3 is 5.97 Å². The average Bonchev–Trinajstić information content (AvgIpc) is 3.16. The second-order valence-corrected chi connectivity index (χ2v) is 7.10. The van der Waals surface area contributed by atoms with Crippen LogP contribution in [0.25, 0.3) is 0 Å². The number of fused-ring (bicyclic) bond motifs is 3.